The van der Waals surface area contributed by atoms with E-state index in [0.717, 1.165) is 0 Å². The maximum Gasteiger partial charge on any atom is 0.316 e. The standard InChI is InChI=1S/C12H10.Mg.2H/c1-3-7-11(8-4-1)12-9-5-2-6-10-12;;;/h1-10H;;;. The van der Waals surface area contributed by atoms with Gasteiger partial charge < -0.3 is 0 Å². The van der Waals surface area contributed by atoms with Gasteiger partial charge in [-0.2, -0.15) is 0 Å². The topological polar surface area (TPSA) is 0 Å². The monoisotopic (exact) mass is 180 g/mol. The van der Waals surface area contributed by atoms with Crippen LogP contribution < -0.4 is 0 Å². The molecule has 0 aliphatic heterocycles. The summed E-state index contributed by atoms with van der Waals surface area (Å²) >= 11 is 0. The summed E-state index contributed by atoms with van der Waals surface area (Å²) in [5.41, 5.74) is 2.55. The lowest BCUT2D eigenvalue weighted by atomic mass is 10.1. The minimum absolute atomic E-state index is 0. The molecule has 0 spiro atoms. The van der Waals surface area contributed by atoms with Crippen molar-refractivity contribution in [2.75, 3.05) is 0 Å². The van der Waals surface area contributed by atoms with Crippen LogP contribution in [0.2, 0.25) is 0 Å². The first-order chi connectivity index (χ1) is 5.97. The largest absolute Gasteiger partial charge is 0.316 e. The smallest absolute Gasteiger partial charge is 0.0622 e. The summed E-state index contributed by atoms with van der Waals surface area (Å²) in [4.78, 5) is 0. The Kier molecular flexibility index (Phi) is 4.00. The van der Waals surface area contributed by atoms with Crippen molar-refractivity contribution in [2.24, 2.45) is 0 Å². The van der Waals surface area contributed by atoms with Crippen LogP contribution in [0, 0.1) is 0 Å². The lowest BCUT2D eigenvalue weighted by Gasteiger charge is -1.98. The van der Waals surface area contributed by atoms with E-state index < -0.39 is 0 Å². The molecule has 0 saturated heterocycles. The minimum atomic E-state index is 0. The first-order valence-corrected chi connectivity index (χ1v) is 4.07. The van der Waals surface area contributed by atoms with Crippen LogP contribution in [-0.4, -0.2) is 23.1 Å². The molecule has 0 aliphatic carbocycles. The van der Waals surface area contributed by atoms with Gasteiger partial charge in [-0.15, -0.1) is 0 Å². The molecule has 0 unspecified atom stereocenters. The van der Waals surface area contributed by atoms with Gasteiger partial charge in [-0.25, -0.2) is 0 Å². The number of hydrogen-bond acceptors (Lipinski definition) is 0. The lowest BCUT2D eigenvalue weighted by molar-refractivity contribution is 1.62. The molecule has 0 fully saturated rings. The highest BCUT2D eigenvalue weighted by Crippen LogP contribution is 2.17. The Morgan fingerprint density at radius 2 is 0.769 bits per heavy atom. The fraction of sp³-hybridized carbons (Fsp3) is 0. The number of rotatable bonds is 1. The van der Waals surface area contributed by atoms with Gasteiger partial charge in [0.1, 0.15) is 0 Å². The van der Waals surface area contributed by atoms with E-state index in [1.165, 1.54) is 11.1 Å². The molecule has 0 heterocycles. The van der Waals surface area contributed by atoms with E-state index >= 15 is 0 Å². The predicted molar refractivity (Wildman–Crippen MR) is 60.4 cm³/mol. The zero-order valence-corrected chi connectivity index (χ0v) is 6.77. The second kappa shape index (κ2) is 5.05. The van der Waals surface area contributed by atoms with Crippen LogP contribution in [0.1, 0.15) is 0 Å². The quantitative estimate of drug-likeness (QED) is 0.592. The molecule has 13 heavy (non-hydrogen) atoms. The third kappa shape index (κ3) is 2.57. The Balaban J connectivity index is 0.000000845. The molecule has 0 N–H and O–H groups in total. The van der Waals surface area contributed by atoms with Crippen LogP contribution in [-0.2, 0) is 0 Å². The van der Waals surface area contributed by atoms with E-state index in [1.54, 1.807) is 0 Å². The van der Waals surface area contributed by atoms with Gasteiger partial charge in [-0.1, -0.05) is 60.7 Å². The van der Waals surface area contributed by atoms with Gasteiger partial charge in [-0.05, 0) is 11.1 Å². The van der Waals surface area contributed by atoms with Gasteiger partial charge in [0, 0.05) is 0 Å². The van der Waals surface area contributed by atoms with Crippen LogP contribution in [0.25, 0.3) is 11.1 Å². The van der Waals surface area contributed by atoms with Gasteiger partial charge in [0.05, 0.1) is 0 Å². The zero-order chi connectivity index (χ0) is 8.23. The molecular weight excluding hydrogens is 168 g/mol. The Labute approximate surface area is 94.8 Å². The molecule has 0 amide bonds. The van der Waals surface area contributed by atoms with E-state index in [0.29, 0.717) is 0 Å². The van der Waals surface area contributed by atoms with Crippen molar-refractivity contribution in [1.82, 2.24) is 0 Å². The van der Waals surface area contributed by atoms with Crippen molar-refractivity contribution in [1.29, 1.82) is 0 Å². The number of hydrogen-bond donors (Lipinski definition) is 0. The van der Waals surface area contributed by atoms with E-state index in [-0.39, 0.29) is 23.1 Å². The molecule has 1 heteroatoms. The molecule has 0 aromatic heterocycles. The second-order valence-corrected chi connectivity index (χ2v) is 2.73. The fourth-order valence-corrected chi connectivity index (χ4v) is 1.26. The van der Waals surface area contributed by atoms with Crippen molar-refractivity contribution in [3.05, 3.63) is 60.7 Å². The maximum absolute atomic E-state index is 2.12. The average Bonchev–Trinajstić information content (AvgIpc) is 2.21. The summed E-state index contributed by atoms with van der Waals surface area (Å²) in [6.07, 6.45) is 0. The highest BCUT2D eigenvalue weighted by atomic mass is 24.3. The highest BCUT2D eigenvalue weighted by Gasteiger charge is 1.91. The van der Waals surface area contributed by atoms with E-state index in [2.05, 4.69) is 48.5 Å². The van der Waals surface area contributed by atoms with Gasteiger partial charge in [0.2, 0.25) is 0 Å². The van der Waals surface area contributed by atoms with Crippen molar-refractivity contribution in [3.8, 4) is 11.1 Å². The third-order valence-corrected chi connectivity index (χ3v) is 1.88. The lowest BCUT2D eigenvalue weighted by Crippen LogP contribution is -1.73. The Morgan fingerprint density at radius 3 is 1.08 bits per heavy atom. The number of benzene rings is 2. The SMILES string of the molecule is [MgH2].c1ccc(-c2ccccc2)cc1. The Hall–Kier alpha value is -0.794. The second-order valence-electron chi connectivity index (χ2n) is 2.73. The Bertz CT molecular complexity index is 303. The van der Waals surface area contributed by atoms with Crippen LogP contribution in [0.4, 0.5) is 0 Å². The van der Waals surface area contributed by atoms with Gasteiger partial charge in [-0.3, -0.25) is 0 Å². The molecule has 62 valence electrons. The predicted octanol–water partition coefficient (Wildman–Crippen LogP) is 2.44. The first-order valence-electron chi connectivity index (χ1n) is 4.07. The molecule has 2 aromatic rings. The van der Waals surface area contributed by atoms with Gasteiger partial charge in [0.25, 0.3) is 0 Å². The van der Waals surface area contributed by atoms with E-state index in [4.69, 9.17) is 0 Å². The molecular formula is C12H12Mg. The summed E-state index contributed by atoms with van der Waals surface area (Å²) in [5, 5.41) is 0. The van der Waals surface area contributed by atoms with Crippen LogP contribution in [0.3, 0.4) is 0 Å². The fourth-order valence-electron chi connectivity index (χ4n) is 1.26. The normalized spacial score (nSPS) is 8.92. The zero-order valence-electron chi connectivity index (χ0n) is 6.77. The third-order valence-electron chi connectivity index (χ3n) is 1.88. The van der Waals surface area contributed by atoms with E-state index in [1.807, 2.05) is 12.1 Å². The molecule has 0 atom stereocenters. The summed E-state index contributed by atoms with van der Waals surface area (Å²) in [7, 11) is 0. The van der Waals surface area contributed by atoms with Crippen LogP contribution >= 0.6 is 0 Å². The highest BCUT2D eigenvalue weighted by molar-refractivity contribution is 5.75. The summed E-state index contributed by atoms with van der Waals surface area (Å²) < 4.78 is 0. The van der Waals surface area contributed by atoms with Crippen molar-refractivity contribution < 1.29 is 0 Å². The van der Waals surface area contributed by atoms with Crippen LogP contribution in [0.5, 0.6) is 0 Å². The maximum atomic E-state index is 2.12. The average molecular weight is 181 g/mol. The van der Waals surface area contributed by atoms with Gasteiger partial charge >= 0.3 is 23.1 Å². The molecule has 0 bridgehead atoms. The molecule has 0 nitrogen and oxygen atoms in total. The summed E-state index contributed by atoms with van der Waals surface area (Å²) in [6, 6.07) is 20.8. The molecule has 0 aliphatic rings. The molecule has 2 aromatic carbocycles. The molecule has 0 saturated carbocycles. The molecule has 0 radical (unpaired) electrons. The van der Waals surface area contributed by atoms with Crippen molar-refractivity contribution in [2.45, 2.75) is 0 Å². The summed E-state index contributed by atoms with van der Waals surface area (Å²) in [6.45, 7) is 0. The van der Waals surface area contributed by atoms with Crippen LogP contribution in [0.15, 0.2) is 60.7 Å². The van der Waals surface area contributed by atoms with E-state index in [9.17, 15) is 0 Å². The summed E-state index contributed by atoms with van der Waals surface area (Å²) in [5.74, 6) is 0. The van der Waals surface area contributed by atoms with Gasteiger partial charge in [0.15, 0.2) is 0 Å². The van der Waals surface area contributed by atoms with Crippen molar-refractivity contribution in [3.63, 3.8) is 0 Å². The Morgan fingerprint density at radius 1 is 0.462 bits per heavy atom. The van der Waals surface area contributed by atoms with Crippen molar-refractivity contribution >= 4 is 23.1 Å². The minimum Gasteiger partial charge on any atom is -0.0622 e. The first kappa shape index (κ1) is 10.3. The molecule has 2 rings (SSSR count).